The van der Waals surface area contributed by atoms with Crippen molar-refractivity contribution >= 4 is 11.6 Å². The fourth-order valence-electron chi connectivity index (χ4n) is 2.50. The molecule has 2 aromatic carbocycles. The maximum Gasteiger partial charge on any atom is 0.137 e. The molecule has 4 aromatic rings. The SMILES string of the molecule is CC(=O)CC(C)=O.[Ir].[c-]1ccccc1-c1ccccn1.[c-]1ccccc1-c1ccccn1. The molecule has 0 saturated heterocycles. The number of nitrogens with zero attached hydrogens (tertiary/aromatic N) is 2. The van der Waals surface area contributed by atoms with Crippen LogP contribution in [0.2, 0.25) is 0 Å². The number of carbonyl (C=O) groups excluding carboxylic acids is 2. The first-order chi connectivity index (χ1) is 15.1. The standard InChI is InChI=1S/2C11H8N.C5H8O2.Ir/c2*1-2-6-10(7-3-1)11-8-4-5-9-12-11;1-4(6)3-5(2)7;/h2*1-6,8-9H;3H2,1-2H3;/q2*-1;;. The summed E-state index contributed by atoms with van der Waals surface area (Å²) in [5.41, 5.74) is 4.02. The van der Waals surface area contributed by atoms with Crippen LogP contribution >= 0.6 is 0 Å². The van der Waals surface area contributed by atoms with E-state index in [-0.39, 0.29) is 38.1 Å². The van der Waals surface area contributed by atoms with Crippen LogP contribution in [0.25, 0.3) is 22.5 Å². The number of Topliss-reactive ketones (excluding diaryl/α,β-unsaturated/α-hetero) is 2. The summed E-state index contributed by atoms with van der Waals surface area (Å²) in [5, 5.41) is 0. The van der Waals surface area contributed by atoms with Gasteiger partial charge in [0, 0.05) is 32.5 Å². The number of hydrogen-bond acceptors (Lipinski definition) is 4. The molecule has 0 aliphatic heterocycles. The van der Waals surface area contributed by atoms with E-state index in [0.29, 0.717) is 0 Å². The number of ketones is 2. The van der Waals surface area contributed by atoms with Gasteiger partial charge in [-0.15, -0.1) is 71.8 Å². The fourth-order valence-corrected chi connectivity index (χ4v) is 2.50. The van der Waals surface area contributed by atoms with E-state index in [4.69, 9.17) is 0 Å². The Morgan fingerprint density at radius 2 is 1.06 bits per heavy atom. The van der Waals surface area contributed by atoms with Crippen molar-refractivity contribution in [2.75, 3.05) is 0 Å². The Morgan fingerprint density at radius 3 is 1.31 bits per heavy atom. The minimum atomic E-state index is -0.0625. The van der Waals surface area contributed by atoms with Gasteiger partial charge in [-0.05, 0) is 37.4 Å². The second kappa shape index (κ2) is 15.5. The first kappa shape index (κ1) is 26.8. The van der Waals surface area contributed by atoms with Crippen LogP contribution in [0.1, 0.15) is 20.3 Å². The van der Waals surface area contributed by atoms with Crippen molar-refractivity contribution in [3.05, 3.63) is 109 Å². The number of hydrogen-bond donors (Lipinski definition) is 0. The molecule has 4 nitrogen and oxygen atoms in total. The monoisotopic (exact) mass is 601 g/mol. The summed E-state index contributed by atoms with van der Waals surface area (Å²) in [6, 6.07) is 33.6. The van der Waals surface area contributed by atoms with E-state index >= 15 is 0 Å². The minimum absolute atomic E-state index is 0. The van der Waals surface area contributed by atoms with Gasteiger partial charge in [-0.2, -0.15) is 0 Å². The average Bonchev–Trinajstić information content (AvgIpc) is 2.81. The van der Waals surface area contributed by atoms with Gasteiger partial charge in [-0.1, -0.05) is 24.3 Å². The summed E-state index contributed by atoms with van der Waals surface area (Å²) < 4.78 is 0. The van der Waals surface area contributed by atoms with Gasteiger partial charge in [0.25, 0.3) is 0 Å². The van der Waals surface area contributed by atoms with Crippen molar-refractivity contribution in [1.82, 2.24) is 9.97 Å². The fraction of sp³-hybridized carbons (Fsp3) is 0.111. The smallest absolute Gasteiger partial charge is 0.137 e. The summed E-state index contributed by atoms with van der Waals surface area (Å²) in [6.45, 7) is 2.81. The van der Waals surface area contributed by atoms with Gasteiger partial charge in [0.15, 0.2) is 0 Å². The Bertz CT molecular complexity index is 880. The summed E-state index contributed by atoms with van der Waals surface area (Å²) in [4.78, 5) is 28.5. The van der Waals surface area contributed by atoms with E-state index in [1.165, 1.54) is 13.8 Å². The summed E-state index contributed by atoms with van der Waals surface area (Å²) in [6.07, 6.45) is 3.66. The van der Waals surface area contributed by atoms with Crippen LogP contribution in [0.3, 0.4) is 0 Å². The van der Waals surface area contributed by atoms with Crippen LogP contribution in [0, 0.1) is 12.1 Å². The number of aromatic nitrogens is 2. The summed E-state index contributed by atoms with van der Waals surface area (Å²) >= 11 is 0. The zero-order chi connectivity index (χ0) is 22.3. The van der Waals surface area contributed by atoms with Crippen molar-refractivity contribution in [3.8, 4) is 22.5 Å². The molecule has 0 fully saturated rings. The van der Waals surface area contributed by atoms with Crippen LogP contribution < -0.4 is 0 Å². The van der Waals surface area contributed by atoms with Crippen LogP contribution in [-0.4, -0.2) is 21.5 Å². The molecule has 2 aromatic heterocycles. The molecule has 0 N–H and O–H groups in total. The molecule has 0 aliphatic carbocycles. The molecule has 0 saturated carbocycles. The summed E-state index contributed by atoms with van der Waals surface area (Å²) in [7, 11) is 0. The molecule has 4 rings (SSSR count). The van der Waals surface area contributed by atoms with Gasteiger partial charge in [0.05, 0.1) is 6.42 Å². The summed E-state index contributed by atoms with van der Waals surface area (Å²) in [5.74, 6) is -0.125. The van der Waals surface area contributed by atoms with E-state index < -0.39 is 0 Å². The molecular weight excluding hydrogens is 577 g/mol. The van der Waals surface area contributed by atoms with Gasteiger partial charge in [0.2, 0.25) is 0 Å². The molecule has 165 valence electrons. The Kier molecular flexibility index (Phi) is 13.0. The van der Waals surface area contributed by atoms with Crippen LogP contribution in [0.5, 0.6) is 0 Å². The van der Waals surface area contributed by atoms with E-state index in [1.807, 2.05) is 84.9 Å². The maximum atomic E-state index is 10.0. The molecule has 0 bridgehead atoms. The zero-order valence-electron chi connectivity index (χ0n) is 18.0. The van der Waals surface area contributed by atoms with Crippen molar-refractivity contribution in [1.29, 1.82) is 0 Å². The molecule has 0 amide bonds. The third kappa shape index (κ3) is 10.7. The molecule has 1 radical (unpaired) electrons. The Morgan fingerprint density at radius 1 is 0.656 bits per heavy atom. The number of pyridine rings is 2. The van der Waals surface area contributed by atoms with Gasteiger partial charge < -0.3 is 9.97 Å². The van der Waals surface area contributed by atoms with Crippen LogP contribution in [0.15, 0.2) is 97.3 Å². The molecule has 0 atom stereocenters. The number of rotatable bonds is 4. The first-order valence-corrected chi connectivity index (χ1v) is 9.81. The van der Waals surface area contributed by atoms with Gasteiger partial charge >= 0.3 is 0 Å². The quantitative estimate of drug-likeness (QED) is 0.225. The Hall–Kier alpha value is -3.27. The minimum Gasteiger partial charge on any atom is -0.305 e. The Labute approximate surface area is 203 Å². The predicted octanol–water partition coefficient (Wildman–Crippen LogP) is 5.65. The number of benzene rings is 2. The van der Waals surface area contributed by atoms with Crippen molar-refractivity contribution in [2.45, 2.75) is 20.3 Å². The predicted molar refractivity (Wildman–Crippen MR) is 123 cm³/mol. The first-order valence-electron chi connectivity index (χ1n) is 9.81. The van der Waals surface area contributed by atoms with Crippen molar-refractivity contribution < 1.29 is 29.7 Å². The van der Waals surface area contributed by atoms with Gasteiger partial charge in [-0.25, -0.2) is 0 Å². The molecule has 32 heavy (non-hydrogen) atoms. The zero-order valence-corrected chi connectivity index (χ0v) is 20.4. The van der Waals surface area contributed by atoms with E-state index in [9.17, 15) is 9.59 Å². The Balaban J connectivity index is 0.000000246. The van der Waals surface area contributed by atoms with Crippen LogP contribution in [-0.2, 0) is 29.7 Å². The molecule has 0 unspecified atom stereocenters. The molecular formula is C27H24IrN2O2-2. The molecule has 0 spiro atoms. The van der Waals surface area contributed by atoms with Gasteiger partial charge in [-0.3, -0.25) is 9.59 Å². The average molecular weight is 601 g/mol. The molecule has 5 heteroatoms. The largest absolute Gasteiger partial charge is 0.305 e. The topological polar surface area (TPSA) is 59.9 Å². The van der Waals surface area contributed by atoms with E-state index in [1.54, 1.807) is 12.4 Å². The normalized spacial score (nSPS) is 9.06. The second-order valence-electron chi connectivity index (χ2n) is 6.56. The third-order valence-corrected chi connectivity index (χ3v) is 3.80. The maximum absolute atomic E-state index is 10.0. The van der Waals surface area contributed by atoms with Gasteiger partial charge in [0.1, 0.15) is 11.6 Å². The van der Waals surface area contributed by atoms with Crippen LogP contribution in [0.4, 0.5) is 0 Å². The van der Waals surface area contributed by atoms with E-state index in [0.717, 1.165) is 22.5 Å². The van der Waals surface area contributed by atoms with Crippen molar-refractivity contribution in [2.24, 2.45) is 0 Å². The van der Waals surface area contributed by atoms with Crippen molar-refractivity contribution in [3.63, 3.8) is 0 Å². The molecule has 2 heterocycles. The third-order valence-electron chi connectivity index (χ3n) is 3.80. The second-order valence-corrected chi connectivity index (χ2v) is 6.56. The molecule has 0 aliphatic rings. The van der Waals surface area contributed by atoms with E-state index in [2.05, 4.69) is 22.1 Å². The number of carbonyl (C=O) groups is 2.